The van der Waals surface area contributed by atoms with Crippen LogP contribution in [0.3, 0.4) is 0 Å². The van der Waals surface area contributed by atoms with E-state index in [9.17, 15) is 19.4 Å². The Morgan fingerprint density at radius 1 is 1.25 bits per heavy atom. The summed E-state index contributed by atoms with van der Waals surface area (Å²) >= 11 is 5.89. The highest BCUT2D eigenvalue weighted by atomic mass is 35.5. The van der Waals surface area contributed by atoms with Crippen LogP contribution in [0, 0.1) is 11.7 Å². The monoisotopic (exact) mass is 411 g/mol. The maximum Gasteiger partial charge on any atom is 0.260 e. The molecule has 0 bridgehead atoms. The second-order valence-electron chi connectivity index (χ2n) is 6.34. The Morgan fingerprint density at radius 3 is 2.57 bits per heavy atom. The normalized spacial score (nSPS) is 12.9. The topological polar surface area (TPSA) is 88.0 Å². The molecule has 0 unspecified atom stereocenters. The van der Waals surface area contributed by atoms with Crippen molar-refractivity contribution in [2.45, 2.75) is 19.4 Å². The van der Waals surface area contributed by atoms with E-state index < -0.39 is 17.8 Å². The van der Waals surface area contributed by atoms with E-state index in [1.54, 1.807) is 25.1 Å². The number of aliphatic hydroxyl groups is 1. The van der Waals surface area contributed by atoms with Crippen molar-refractivity contribution in [1.82, 2.24) is 5.32 Å². The average molecular weight is 412 g/mol. The van der Waals surface area contributed by atoms with E-state index in [-0.39, 0.29) is 35.6 Å². The molecule has 28 heavy (non-hydrogen) atoms. The van der Waals surface area contributed by atoms with E-state index in [4.69, 9.17) is 21.1 Å². The average Bonchev–Trinajstić information content (AvgIpc) is 2.67. The van der Waals surface area contributed by atoms with E-state index in [0.29, 0.717) is 12.2 Å². The highest BCUT2D eigenvalue weighted by Crippen LogP contribution is 2.27. The maximum atomic E-state index is 13.1. The molecule has 2 rings (SSSR count). The summed E-state index contributed by atoms with van der Waals surface area (Å²) in [5.41, 5.74) is 0.800. The lowest BCUT2D eigenvalue weighted by Gasteiger charge is -2.19. The Bertz CT molecular complexity index is 817. The van der Waals surface area contributed by atoms with Gasteiger partial charge in [0.2, 0.25) is 0 Å². The summed E-state index contributed by atoms with van der Waals surface area (Å²) in [5, 5.41) is 22.2. The quantitative estimate of drug-likeness (QED) is 0.590. The van der Waals surface area contributed by atoms with E-state index >= 15 is 0 Å². The number of rotatable bonds is 9. The molecule has 0 saturated heterocycles. The molecule has 2 aromatic carbocycles. The number of aromatic hydroxyl groups is 1. The van der Waals surface area contributed by atoms with Crippen LogP contribution in [0.15, 0.2) is 36.4 Å². The van der Waals surface area contributed by atoms with Gasteiger partial charge in [-0.25, -0.2) is 4.39 Å². The van der Waals surface area contributed by atoms with Crippen molar-refractivity contribution < 1.29 is 28.9 Å². The zero-order valence-electron chi connectivity index (χ0n) is 15.6. The number of nitrogens with one attached hydrogen (secondary N) is 1. The van der Waals surface area contributed by atoms with Crippen LogP contribution in [0.25, 0.3) is 0 Å². The third-order valence-electron chi connectivity index (χ3n) is 4.16. The largest absolute Gasteiger partial charge is 0.504 e. The van der Waals surface area contributed by atoms with Crippen molar-refractivity contribution in [3.63, 3.8) is 0 Å². The fourth-order valence-corrected chi connectivity index (χ4v) is 2.81. The first-order valence-corrected chi connectivity index (χ1v) is 9.08. The van der Waals surface area contributed by atoms with Crippen molar-refractivity contribution in [2.75, 3.05) is 20.3 Å². The second-order valence-corrected chi connectivity index (χ2v) is 6.75. The zero-order valence-corrected chi connectivity index (χ0v) is 16.4. The number of carbonyl (C=O) groups is 1. The number of carbonyl (C=O) groups excluding carboxylic acids is 1. The third kappa shape index (κ3) is 6.00. The van der Waals surface area contributed by atoms with Gasteiger partial charge in [-0.1, -0.05) is 17.7 Å². The number of phenols is 1. The summed E-state index contributed by atoms with van der Waals surface area (Å²) in [6, 6.07) is 8.64. The molecule has 2 aromatic rings. The van der Waals surface area contributed by atoms with Crippen LogP contribution in [0.2, 0.25) is 5.02 Å². The molecule has 0 radical (unpaired) electrons. The van der Waals surface area contributed by atoms with Crippen LogP contribution in [-0.4, -0.2) is 42.5 Å². The Balaban J connectivity index is 1.89. The lowest BCUT2D eigenvalue weighted by atomic mass is 9.99. The molecule has 0 aliphatic heterocycles. The molecule has 0 fully saturated rings. The Hall–Kier alpha value is -2.51. The lowest BCUT2D eigenvalue weighted by molar-refractivity contribution is -0.127. The van der Waals surface area contributed by atoms with Crippen molar-refractivity contribution in [3.8, 4) is 17.2 Å². The van der Waals surface area contributed by atoms with Gasteiger partial charge in [0.05, 0.1) is 12.1 Å². The first kappa shape index (κ1) is 21.8. The van der Waals surface area contributed by atoms with Gasteiger partial charge >= 0.3 is 0 Å². The molecule has 3 N–H and O–H groups in total. The van der Waals surface area contributed by atoms with Gasteiger partial charge in [0.25, 0.3) is 5.91 Å². The number of ether oxygens (including phenoxy) is 2. The molecular weight excluding hydrogens is 389 g/mol. The standard InChI is InChI=1S/C20H23ClFNO5/c1-12(28-18-6-4-15(22)9-16(18)21)20(26)23-10-14(11-24)7-13-3-5-19(27-2)17(25)8-13/h3-6,8-9,12,14,24-25H,7,10-11H2,1-2H3,(H,23,26)/t12-,14+/m0/s1. The molecule has 0 aromatic heterocycles. The highest BCUT2D eigenvalue weighted by Gasteiger charge is 2.18. The summed E-state index contributed by atoms with van der Waals surface area (Å²) in [7, 11) is 1.46. The van der Waals surface area contributed by atoms with Crippen LogP contribution in [0.4, 0.5) is 4.39 Å². The van der Waals surface area contributed by atoms with Crippen LogP contribution < -0.4 is 14.8 Å². The molecule has 0 saturated carbocycles. The highest BCUT2D eigenvalue weighted by molar-refractivity contribution is 6.32. The number of phenolic OH excluding ortho intramolecular Hbond substituents is 1. The van der Waals surface area contributed by atoms with Crippen molar-refractivity contribution >= 4 is 17.5 Å². The van der Waals surface area contributed by atoms with E-state index in [1.807, 2.05) is 0 Å². The van der Waals surface area contributed by atoms with E-state index in [1.165, 1.54) is 19.2 Å². The smallest absolute Gasteiger partial charge is 0.260 e. The number of amides is 1. The predicted molar refractivity (Wildman–Crippen MR) is 103 cm³/mol. The number of methoxy groups -OCH3 is 1. The van der Waals surface area contributed by atoms with E-state index in [2.05, 4.69) is 5.32 Å². The van der Waals surface area contributed by atoms with Gasteiger partial charge in [0.15, 0.2) is 17.6 Å². The molecule has 0 heterocycles. The van der Waals surface area contributed by atoms with Gasteiger partial charge in [-0.05, 0) is 49.2 Å². The summed E-state index contributed by atoms with van der Waals surface area (Å²) in [6.07, 6.45) is -0.403. The lowest BCUT2D eigenvalue weighted by Crippen LogP contribution is -2.40. The van der Waals surface area contributed by atoms with Crippen molar-refractivity contribution in [2.24, 2.45) is 5.92 Å². The minimum Gasteiger partial charge on any atom is -0.504 e. The van der Waals surface area contributed by atoms with Gasteiger partial charge in [0.1, 0.15) is 11.6 Å². The van der Waals surface area contributed by atoms with Crippen molar-refractivity contribution in [3.05, 3.63) is 52.8 Å². The fraction of sp³-hybridized carbons (Fsp3) is 0.350. The van der Waals surface area contributed by atoms with Gasteiger partial charge in [0, 0.05) is 19.1 Å². The minimum absolute atomic E-state index is 0.0129. The molecule has 6 nitrogen and oxygen atoms in total. The molecule has 8 heteroatoms. The van der Waals surface area contributed by atoms with Gasteiger partial charge in [-0.15, -0.1) is 0 Å². The predicted octanol–water partition coefficient (Wildman–Crippen LogP) is 2.93. The van der Waals surface area contributed by atoms with Gasteiger partial charge in [-0.2, -0.15) is 0 Å². The van der Waals surface area contributed by atoms with Crippen molar-refractivity contribution in [1.29, 1.82) is 0 Å². The molecule has 0 aliphatic rings. The summed E-state index contributed by atoms with van der Waals surface area (Å²) in [4.78, 5) is 12.2. The summed E-state index contributed by atoms with van der Waals surface area (Å²) in [6.45, 7) is 1.61. The molecule has 0 spiro atoms. The SMILES string of the molecule is COc1ccc(C[C@@H](CO)CNC(=O)[C@H](C)Oc2ccc(F)cc2Cl)cc1O. The zero-order chi connectivity index (χ0) is 20.7. The first-order valence-electron chi connectivity index (χ1n) is 8.70. The van der Waals surface area contributed by atoms with Crippen LogP contribution in [0.5, 0.6) is 17.2 Å². The van der Waals surface area contributed by atoms with Gasteiger partial charge < -0.3 is 25.0 Å². The van der Waals surface area contributed by atoms with Gasteiger partial charge in [-0.3, -0.25) is 4.79 Å². The Kier molecular flexibility index (Phi) is 7.90. The number of halogens is 2. The van der Waals surface area contributed by atoms with Crippen LogP contribution >= 0.6 is 11.6 Å². The minimum atomic E-state index is -0.854. The molecule has 0 aliphatic carbocycles. The number of benzene rings is 2. The Labute approximate surface area is 167 Å². The van der Waals surface area contributed by atoms with E-state index in [0.717, 1.165) is 11.6 Å². The maximum absolute atomic E-state index is 13.1. The second kappa shape index (κ2) is 10.1. The first-order chi connectivity index (χ1) is 13.3. The number of hydrogen-bond donors (Lipinski definition) is 3. The molecular formula is C20H23ClFNO5. The number of aliphatic hydroxyl groups excluding tert-OH is 1. The van der Waals surface area contributed by atoms with Crippen LogP contribution in [0.1, 0.15) is 12.5 Å². The molecule has 1 amide bonds. The molecule has 152 valence electrons. The Morgan fingerprint density at radius 2 is 1.96 bits per heavy atom. The van der Waals surface area contributed by atoms with Crippen LogP contribution in [-0.2, 0) is 11.2 Å². The summed E-state index contributed by atoms with van der Waals surface area (Å²) in [5.74, 6) is -0.556. The summed E-state index contributed by atoms with van der Waals surface area (Å²) < 4.78 is 23.5. The fourth-order valence-electron chi connectivity index (χ4n) is 2.60. The molecule has 2 atom stereocenters. The number of hydrogen-bond acceptors (Lipinski definition) is 5. The third-order valence-corrected chi connectivity index (χ3v) is 4.45.